The van der Waals surface area contributed by atoms with Crippen LogP contribution in [0.2, 0.25) is 0 Å². The third kappa shape index (κ3) is 2.72. The molecule has 0 atom stereocenters. The molecule has 17 heavy (non-hydrogen) atoms. The Morgan fingerprint density at radius 3 is 2.65 bits per heavy atom. The monoisotopic (exact) mass is 240 g/mol. The maximum atomic E-state index is 13.4. The minimum atomic E-state index is -0.843. The Labute approximate surface area is 98.0 Å². The SMILES string of the molecule is Nc1cc(F)cc(F)c1NC(=O)CC1CCC1. The van der Waals surface area contributed by atoms with Crippen LogP contribution < -0.4 is 11.1 Å². The zero-order valence-corrected chi connectivity index (χ0v) is 9.30. The molecule has 0 saturated heterocycles. The molecule has 5 heteroatoms. The fourth-order valence-corrected chi connectivity index (χ4v) is 1.87. The molecule has 2 rings (SSSR count). The standard InChI is InChI=1S/C12H14F2N2O/c13-8-5-9(14)12(10(15)6-8)16-11(17)4-7-2-1-3-7/h5-7H,1-4,15H2,(H,16,17). The number of nitrogens with one attached hydrogen (secondary N) is 1. The summed E-state index contributed by atoms with van der Waals surface area (Å²) in [5.41, 5.74) is 5.23. The van der Waals surface area contributed by atoms with Gasteiger partial charge in [-0.15, -0.1) is 0 Å². The first-order valence-corrected chi connectivity index (χ1v) is 5.60. The number of carbonyl (C=O) groups is 1. The second-order valence-electron chi connectivity index (χ2n) is 4.40. The van der Waals surface area contributed by atoms with Crippen LogP contribution in [0.4, 0.5) is 20.2 Å². The molecule has 1 saturated carbocycles. The molecule has 1 aliphatic rings. The molecule has 1 amide bonds. The largest absolute Gasteiger partial charge is 0.397 e. The number of rotatable bonds is 3. The number of nitrogens with two attached hydrogens (primary N) is 1. The van der Waals surface area contributed by atoms with Crippen LogP contribution in [0.25, 0.3) is 0 Å². The first-order chi connectivity index (χ1) is 8.06. The van der Waals surface area contributed by atoms with Crippen molar-refractivity contribution < 1.29 is 13.6 Å². The maximum Gasteiger partial charge on any atom is 0.224 e. The van der Waals surface area contributed by atoms with Crippen LogP contribution in [0.3, 0.4) is 0 Å². The lowest BCUT2D eigenvalue weighted by Crippen LogP contribution is -2.21. The maximum absolute atomic E-state index is 13.4. The van der Waals surface area contributed by atoms with Gasteiger partial charge >= 0.3 is 0 Å². The zero-order valence-electron chi connectivity index (χ0n) is 9.30. The average Bonchev–Trinajstić information content (AvgIpc) is 2.17. The van der Waals surface area contributed by atoms with Gasteiger partial charge in [0, 0.05) is 12.5 Å². The molecular weight excluding hydrogens is 226 g/mol. The van der Waals surface area contributed by atoms with Crippen molar-refractivity contribution in [1.29, 1.82) is 0 Å². The number of halogens is 2. The Balaban J connectivity index is 2.04. The van der Waals surface area contributed by atoms with Gasteiger partial charge in [0.05, 0.1) is 5.69 Å². The Kier molecular flexibility index (Phi) is 3.26. The molecule has 1 aromatic carbocycles. The van der Waals surface area contributed by atoms with Crippen molar-refractivity contribution in [2.75, 3.05) is 11.1 Å². The van der Waals surface area contributed by atoms with Crippen molar-refractivity contribution in [3.05, 3.63) is 23.8 Å². The molecule has 92 valence electrons. The summed E-state index contributed by atoms with van der Waals surface area (Å²) < 4.78 is 26.2. The van der Waals surface area contributed by atoms with E-state index in [4.69, 9.17) is 5.73 Å². The molecule has 0 bridgehead atoms. The first-order valence-electron chi connectivity index (χ1n) is 5.60. The van der Waals surface area contributed by atoms with E-state index >= 15 is 0 Å². The van der Waals surface area contributed by atoms with Crippen molar-refractivity contribution in [3.63, 3.8) is 0 Å². The number of carbonyl (C=O) groups excluding carboxylic acids is 1. The van der Waals surface area contributed by atoms with Gasteiger partial charge < -0.3 is 11.1 Å². The average molecular weight is 240 g/mol. The molecule has 1 aliphatic carbocycles. The quantitative estimate of drug-likeness (QED) is 0.798. The smallest absolute Gasteiger partial charge is 0.224 e. The summed E-state index contributed by atoms with van der Waals surface area (Å²) in [6, 6.07) is 1.69. The van der Waals surface area contributed by atoms with Crippen molar-refractivity contribution in [2.24, 2.45) is 5.92 Å². The van der Waals surface area contributed by atoms with Gasteiger partial charge in [-0.3, -0.25) is 4.79 Å². The van der Waals surface area contributed by atoms with E-state index < -0.39 is 11.6 Å². The van der Waals surface area contributed by atoms with Crippen molar-refractivity contribution in [1.82, 2.24) is 0 Å². The van der Waals surface area contributed by atoms with Gasteiger partial charge in [-0.25, -0.2) is 8.78 Å². The van der Waals surface area contributed by atoms with E-state index in [1.165, 1.54) is 0 Å². The van der Waals surface area contributed by atoms with Crippen LogP contribution in [-0.2, 0) is 4.79 Å². The molecule has 0 unspecified atom stereocenters. The van der Waals surface area contributed by atoms with Crippen LogP contribution in [0.15, 0.2) is 12.1 Å². The van der Waals surface area contributed by atoms with Crippen LogP contribution in [0, 0.1) is 17.6 Å². The highest BCUT2D eigenvalue weighted by Gasteiger charge is 2.21. The number of nitrogen functional groups attached to an aromatic ring is 1. The Bertz CT molecular complexity index is 421. The third-order valence-corrected chi connectivity index (χ3v) is 3.05. The Morgan fingerprint density at radius 2 is 2.12 bits per heavy atom. The van der Waals surface area contributed by atoms with Crippen molar-refractivity contribution in [2.45, 2.75) is 25.7 Å². The minimum absolute atomic E-state index is 0.0931. The van der Waals surface area contributed by atoms with Crippen LogP contribution in [-0.4, -0.2) is 5.91 Å². The number of benzene rings is 1. The number of hydrogen-bond acceptors (Lipinski definition) is 2. The lowest BCUT2D eigenvalue weighted by atomic mass is 9.83. The molecule has 3 nitrogen and oxygen atoms in total. The fourth-order valence-electron chi connectivity index (χ4n) is 1.87. The second-order valence-corrected chi connectivity index (χ2v) is 4.40. The van der Waals surface area contributed by atoms with E-state index in [9.17, 15) is 13.6 Å². The highest BCUT2D eigenvalue weighted by Crippen LogP contribution is 2.30. The predicted molar refractivity (Wildman–Crippen MR) is 61.4 cm³/mol. The van der Waals surface area contributed by atoms with Gasteiger partial charge in [-0.1, -0.05) is 6.42 Å². The highest BCUT2D eigenvalue weighted by atomic mass is 19.1. The fraction of sp³-hybridized carbons (Fsp3) is 0.417. The van der Waals surface area contributed by atoms with E-state index in [0.29, 0.717) is 18.4 Å². The molecule has 0 radical (unpaired) electrons. The van der Waals surface area contributed by atoms with Gasteiger partial charge in [-0.05, 0) is 24.8 Å². The lowest BCUT2D eigenvalue weighted by Gasteiger charge is -2.24. The van der Waals surface area contributed by atoms with E-state index in [1.807, 2.05) is 0 Å². The summed E-state index contributed by atoms with van der Waals surface area (Å²) >= 11 is 0. The van der Waals surface area contributed by atoms with Crippen LogP contribution >= 0.6 is 0 Å². The molecule has 3 N–H and O–H groups in total. The summed E-state index contributed by atoms with van der Waals surface area (Å²) in [5, 5.41) is 2.40. The Hall–Kier alpha value is -1.65. The summed E-state index contributed by atoms with van der Waals surface area (Å²) in [5.74, 6) is -1.48. The summed E-state index contributed by atoms with van der Waals surface area (Å²) in [6.45, 7) is 0. The first kappa shape index (κ1) is 11.8. The molecule has 0 aliphatic heterocycles. The highest BCUT2D eigenvalue weighted by molar-refractivity contribution is 5.94. The van der Waals surface area contributed by atoms with Gasteiger partial charge in [0.1, 0.15) is 11.5 Å². The van der Waals surface area contributed by atoms with Gasteiger partial charge in [0.25, 0.3) is 0 Å². The number of amides is 1. The lowest BCUT2D eigenvalue weighted by molar-refractivity contribution is -0.117. The van der Waals surface area contributed by atoms with E-state index in [-0.39, 0.29) is 17.3 Å². The topological polar surface area (TPSA) is 55.1 Å². The molecule has 1 fully saturated rings. The zero-order chi connectivity index (χ0) is 12.4. The molecule has 1 aromatic rings. The second kappa shape index (κ2) is 4.69. The van der Waals surface area contributed by atoms with Crippen molar-refractivity contribution in [3.8, 4) is 0 Å². The van der Waals surface area contributed by atoms with E-state index in [1.54, 1.807) is 0 Å². The van der Waals surface area contributed by atoms with Crippen molar-refractivity contribution >= 4 is 17.3 Å². The summed E-state index contributed by atoms with van der Waals surface area (Å²) in [4.78, 5) is 11.6. The summed E-state index contributed by atoms with van der Waals surface area (Å²) in [6.07, 6.45) is 3.59. The van der Waals surface area contributed by atoms with Gasteiger partial charge in [0.15, 0.2) is 5.82 Å². The number of anilines is 2. The van der Waals surface area contributed by atoms with Gasteiger partial charge in [-0.2, -0.15) is 0 Å². The van der Waals surface area contributed by atoms with Crippen LogP contribution in [0.5, 0.6) is 0 Å². The van der Waals surface area contributed by atoms with E-state index in [2.05, 4.69) is 5.32 Å². The Morgan fingerprint density at radius 1 is 1.41 bits per heavy atom. The van der Waals surface area contributed by atoms with Gasteiger partial charge in [0.2, 0.25) is 5.91 Å². The normalized spacial score (nSPS) is 15.4. The predicted octanol–water partition coefficient (Wildman–Crippen LogP) is 2.68. The summed E-state index contributed by atoms with van der Waals surface area (Å²) in [7, 11) is 0. The molecular formula is C12H14F2N2O. The van der Waals surface area contributed by atoms with E-state index in [0.717, 1.165) is 25.3 Å². The molecule has 0 aromatic heterocycles. The molecule has 0 spiro atoms. The third-order valence-electron chi connectivity index (χ3n) is 3.05. The minimum Gasteiger partial charge on any atom is -0.397 e. The number of hydrogen-bond donors (Lipinski definition) is 2. The van der Waals surface area contributed by atoms with Crippen LogP contribution in [0.1, 0.15) is 25.7 Å². The molecule has 0 heterocycles.